The van der Waals surface area contributed by atoms with E-state index in [0.29, 0.717) is 11.3 Å². The van der Waals surface area contributed by atoms with Crippen LogP contribution in [-0.2, 0) is 0 Å². The summed E-state index contributed by atoms with van der Waals surface area (Å²) in [6, 6.07) is 15.0. The number of carbonyl (C=O) groups excluding carboxylic acids is 1. The number of amides is 1. The quantitative estimate of drug-likeness (QED) is 0.721. The molecule has 0 spiro atoms. The molecule has 2 heterocycles. The SMILES string of the molecule is O=C1c2ccccc2O[C@H]2c3ccccc3C=NN12. The molecule has 0 saturated heterocycles. The minimum atomic E-state index is -0.469. The van der Waals surface area contributed by atoms with Crippen molar-refractivity contribution in [3.8, 4) is 5.75 Å². The lowest BCUT2D eigenvalue weighted by Crippen LogP contribution is -2.40. The fourth-order valence-electron chi connectivity index (χ4n) is 2.43. The van der Waals surface area contributed by atoms with Crippen LogP contribution in [0.3, 0.4) is 0 Å². The second-order valence-corrected chi connectivity index (χ2v) is 4.49. The topological polar surface area (TPSA) is 41.9 Å². The molecule has 19 heavy (non-hydrogen) atoms. The second kappa shape index (κ2) is 3.68. The van der Waals surface area contributed by atoms with Crippen molar-refractivity contribution in [2.45, 2.75) is 6.23 Å². The molecule has 1 amide bonds. The van der Waals surface area contributed by atoms with Crippen molar-refractivity contribution in [1.82, 2.24) is 5.01 Å². The maximum Gasteiger partial charge on any atom is 0.281 e. The molecule has 2 aromatic rings. The molecule has 0 bridgehead atoms. The van der Waals surface area contributed by atoms with Gasteiger partial charge in [0.1, 0.15) is 5.75 Å². The Morgan fingerprint density at radius 2 is 1.84 bits per heavy atom. The van der Waals surface area contributed by atoms with Gasteiger partial charge in [-0.2, -0.15) is 10.1 Å². The van der Waals surface area contributed by atoms with Crippen LogP contribution in [0.4, 0.5) is 0 Å². The van der Waals surface area contributed by atoms with Gasteiger partial charge in [-0.1, -0.05) is 36.4 Å². The molecule has 2 aromatic carbocycles. The van der Waals surface area contributed by atoms with Crippen molar-refractivity contribution >= 4 is 12.1 Å². The lowest BCUT2D eigenvalue weighted by molar-refractivity contribution is 0.00831. The Bertz CT molecular complexity index is 709. The van der Waals surface area contributed by atoms with Gasteiger partial charge in [-0.15, -0.1) is 0 Å². The van der Waals surface area contributed by atoms with E-state index in [4.69, 9.17) is 4.74 Å². The number of hydrogen-bond donors (Lipinski definition) is 0. The number of nitrogens with zero attached hydrogens (tertiary/aromatic N) is 2. The monoisotopic (exact) mass is 250 g/mol. The smallest absolute Gasteiger partial charge is 0.281 e. The maximum absolute atomic E-state index is 12.4. The normalized spacial score (nSPS) is 19.3. The summed E-state index contributed by atoms with van der Waals surface area (Å²) in [6.45, 7) is 0. The van der Waals surface area contributed by atoms with Crippen LogP contribution in [0.5, 0.6) is 5.75 Å². The Kier molecular flexibility index (Phi) is 2.00. The second-order valence-electron chi connectivity index (χ2n) is 4.49. The first-order valence-corrected chi connectivity index (χ1v) is 6.07. The number of benzene rings is 2. The first kappa shape index (κ1) is 10.3. The minimum absolute atomic E-state index is 0.127. The van der Waals surface area contributed by atoms with Gasteiger partial charge in [0.05, 0.1) is 11.8 Å². The predicted octanol–water partition coefficient (Wildman–Crippen LogP) is 2.57. The highest BCUT2D eigenvalue weighted by molar-refractivity contribution is 5.99. The summed E-state index contributed by atoms with van der Waals surface area (Å²) in [5.41, 5.74) is 2.49. The van der Waals surface area contributed by atoms with Crippen LogP contribution in [0, 0.1) is 0 Å². The van der Waals surface area contributed by atoms with Crippen LogP contribution in [0.1, 0.15) is 27.7 Å². The standard InChI is InChI=1S/C15H10N2O2/c18-14-12-7-3-4-8-13(12)19-15-11-6-2-1-5-10(11)9-16-17(14)15/h1-9,15H/t15-/m0/s1. The Hall–Kier alpha value is -2.62. The predicted molar refractivity (Wildman–Crippen MR) is 70.0 cm³/mol. The molecular formula is C15H10N2O2. The molecule has 0 fully saturated rings. The van der Waals surface area contributed by atoms with Crippen LogP contribution in [0.25, 0.3) is 0 Å². The minimum Gasteiger partial charge on any atom is -0.463 e. The van der Waals surface area contributed by atoms with Gasteiger partial charge in [0, 0.05) is 11.1 Å². The van der Waals surface area contributed by atoms with Crippen LogP contribution in [-0.4, -0.2) is 17.1 Å². The molecule has 0 saturated carbocycles. The molecule has 1 atom stereocenters. The van der Waals surface area contributed by atoms with E-state index in [9.17, 15) is 4.79 Å². The van der Waals surface area contributed by atoms with Crippen LogP contribution >= 0.6 is 0 Å². The average molecular weight is 250 g/mol. The van der Waals surface area contributed by atoms with E-state index in [0.717, 1.165) is 11.1 Å². The third-order valence-electron chi connectivity index (χ3n) is 3.37. The molecule has 0 radical (unpaired) electrons. The summed E-state index contributed by atoms with van der Waals surface area (Å²) in [4.78, 5) is 12.4. The van der Waals surface area contributed by atoms with Crippen molar-refractivity contribution < 1.29 is 9.53 Å². The average Bonchev–Trinajstić information content (AvgIpc) is 2.47. The molecule has 92 valence electrons. The highest BCUT2D eigenvalue weighted by atomic mass is 16.5. The molecule has 2 aliphatic rings. The molecule has 0 unspecified atom stereocenters. The highest BCUT2D eigenvalue weighted by Crippen LogP contribution is 2.37. The third-order valence-corrected chi connectivity index (χ3v) is 3.37. The van der Waals surface area contributed by atoms with Gasteiger partial charge in [-0.05, 0) is 12.1 Å². The van der Waals surface area contributed by atoms with Crippen LogP contribution in [0.15, 0.2) is 53.6 Å². The van der Waals surface area contributed by atoms with E-state index in [1.54, 1.807) is 12.3 Å². The van der Waals surface area contributed by atoms with E-state index >= 15 is 0 Å². The van der Waals surface area contributed by atoms with E-state index in [1.807, 2.05) is 42.5 Å². The van der Waals surface area contributed by atoms with Crippen LogP contribution in [0.2, 0.25) is 0 Å². The van der Waals surface area contributed by atoms with Gasteiger partial charge in [-0.3, -0.25) is 4.79 Å². The number of ether oxygens (including phenoxy) is 1. The number of carbonyl (C=O) groups is 1. The molecular weight excluding hydrogens is 240 g/mol. The summed E-state index contributed by atoms with van der Waals surface area (Å²) in [7, 11) is 0. The zero-order valence-corrected chi connectivity index (χ0v) is 9.98. The molecule has 4 heteroatoms. The molecule has 0 aliphatic carbocycles. The summed E-state index contributed by atoms with van der Waals surface area (Å²) < 4.78 is 5.92. The number of hydrazone groups is 1. The maximum atomic E-state index is 12.4. The summed E-state index contributed by atoms with van der Waals surface area (Å²) >= 11 is 0. The van der Waals surface area contributed by atoms with Gasteiger partial charge >= 0.3 is 0 Å². The van der Waals surface area contributed by atoms with E-state index in [2.05, 4.69) is 5.10 Å². The number of hydrogen-bond acceptors (Lipinski definition) is 3. The Morgan fingerprint density at radius 1 is 1.05 bits per heavy atom. The largest absolute Gasteiger partial charge is 0.463 e. The fourth-order valence-corrected chi connectivity index (χ4v) is 2.43. The van der Waals surface area contributed by atoms with Gasteiger partial charge in [0.25, 0.3) is 5.91 Å². The van der Waals surface area contributed by atoms with Gasteiger partial charge in [-0.25, -0.2) is 0 Å². The van der Waals surface area contributed by atoms with Crippen molar-refractivity contribution in [2.75, 3.05) is 0 Å². The lowest BCUT2D eigenvalue weighted by Gasteiger charge is -2.35. The zero-order chi connectivity index (χ0) is 12.8. The zero-order valence-electron chi connectivity index (χ0n) is 9.98. The van der Waals surface area contributed by atoms with E-state index in [1.165, 1.54) is 5.01 Å². The van der Waals surface area contributed by atoms with Crippen LogP contribution < -0.4 is 4.74 Å². The number of fused-ring (bicyclic) bond motifs is 4. The Balaban J connectivity index is 1.89. The molecule has 4 nitrogen and oxygen atoms in total. The van der Waals surface area contributed by atoms with Crippen molar-refractivity contribution in [1.29, 1.82) is 0 Å². The fraction of sp³-hybridized carbons (Fsp3) is 0.0667. The Labute approximate surface area is 109 Å². The molecule has 0 aromatic heterocycles. The van der Waals surface area contributed by atoms with Gasteiger partial charge < -0.3 is 4.74 Å². The first-order chi connectivity index (χ1) is 9.34. The van der Waals surface area contributed by atoms with E-state index < -0.39 is 6.23 Å². The van der Waals surface area contributed by atoms with Crippen molar-refractivity contribution in [2.24, 2.45) is 5.10 Å². The van der Waals surface area contributed by atoms with Crippen molar-refractivity contribution in [3.05, 3.63) is 65.2 Å². The van der Waals surface area contributed by atoms with Gasteiger partial charge in [0.15, 0.2) is 0 Å². The molecule has 2 aliphatic heterocycles. The lowest BCUT2D eigenvalue weighted by atomic mass is 10.0. The van der Waals surface area contributed by atoms with Gasteiger partial charge in [0.2, 0.25) is 6.23 Å². The molecule has 0 N–H and O–H groups in total. The van der Waals surface area contributed by atoms with Crippen molar-refractivity contribution in [3.63, 3.8) is 0 Å². The number of rotatable bonds is 0. The third kappa shape index (κ3) is 1.40. The van der Waals surface area contributed by atoms with E-state index in [-0.39, 0.29) is 5.91 Å². The molecule has 4 rings (SSSR count). The first-order valence-electron chi connectivity index (χ1n) is 6.07. The summed E-state index contributed by atoms with van der Waals surface area (Å²) in [6.07, 6.45) is 1.23. The Morgan fingerprint density at radius 3 is 2.79 bits per heavy atom. The number of para-hydroxylation sites is 1. The summed E-state index contributed by atoms with van der Waals surface area (Å²) in [5, 5.41) is 5.60. The summed E-state index contributed by atoms with van der Waals surface area (Å²) in [5.74, 6) is 0.484. The highest BCUT2D eigenvalue weighted by Gasteiger charge is 2.37.